The normalized spacial score (nSPS) is 10.6. The first-order valence-corrected chi connectivity index (χ1v) is 11.0. The minimum Gasteiger partial charge on any atom is -0.493 e. The molecule has 1 heterocycles. The van der Waals surface area contributed by atoms with E-state index in [-0.39, 0.29) is 12.4 Å². The molecule has 0 saturated heterocycles. The molecular weight excluding hydrogens is 418 g/mol. The number of aromatic nitrogens is 2. The Morgan fingerprint density at radius 3 is 2.76 bits per heavy atom. The van der Waals surface area contributed by atoms with Gasteiger partial charge in [-0.2, -0.15) is 0 Å². The highest BCUT2D eigenvalue weighted by molar-refractivity contribution is 5.91. The van der Waals surface area contributed by atoms with Crippen molar-refractivity contribution < 1.29 is 19.4 Å². The summed E-state index contributed by atoms with van der Waals surface area (Å²) in [5.41, 5.74) is 2.65. The number of Topliss-reactive ketones (excluding diaryl/α,β-unsaturated/α-hetero) is 1. The molecule has 0 bridgehead atoms. The molecule has 0 saturated carbocycles. The summed E-state index contributed by atoms with van der Waals surface area (Å²) in [5.74, 6) is 4.49. The highest BCUT2D eigenvalue weighted by Crippen LogP contribution is 2.34. The zero-order chi connectivity index (χ0) is 23.5. The Kier molecular flexibility index (Phi) is 9.04. The van der Waals surface area contributed by atoms with Crippen LogP contribution in [0.5, 0.6) is 11.5 Å². The summed E-state index contributed by atoms with van der Waals surface area (Å²) in [5, 5.41) is 13.0. The third-order valence-corrected chi connectivity index (χ3v) is 5.26. The van der Waals surface area contributed by atoms with Crippen molar-refractivity contribution in [3.8, 4) is 23.8 Å². The van der Waals surface area contributed by atoms with Gasteiger partial charge in [0.25, 0.3) is 0 Å². The number of terminal acetylenes is 1. The predicted molar refractivity (Wildman–Crippen MR) is 128 cm³/mol. The molecule has 0 aliphatic carbocycles. The van der Waals surface area contributed by atoms with Crippen molar-refractivity contribution in [2.24, 2.45) is 0 Å². The van der Waals surface area contributed by atoms with Gasteiger partial charge in [-0.3, -0.25) is 4.79 Å². The molecule has 2 aromatic carbocycles. The number of ketones is 1. The highest BCUT2D eigenvalue weighted by atomic mass is 16.5. The first-order valence-electron chi connectivity index (χ1n) is 11.0. The van der Waals surface area contributed by atoms with Gasteiger partial charge in [0, 0.05) is 30.0 Å². The van der Waals surface area contributed by atoms with Crippen LogP contribution in [-0.4, -0.2) is 41.2 Å². The van der Waals surface area contributed by atoms with E-state index in [0.29, 0.717) is 36.9 Å². The van der Waals surface area contributed by atoms with Crippen LogP contribution in [0.25, 0.3) is 10.9 Å². The van der Waals surface area contributed by atoms with E-state index >= 15 is 0 Å². The summed E-state index contributed by atoms with van der Waals surface area (Å²) in [6.07, 6.45) is 11.0. The lowest BCUT2D eigenvalue weighted by Gasteiger charge is -2.14. The van der Waals surface area contributed by atoms with Crippen molar-refractivity contribution in [1.82, 2.24) is 9.97 Å². The monoisotopic (exact) mass is 447 g/mol. The van der Waals surface area contributed by atoms with E-state index in [9.17, 15) is 4.79 Å². The number of aliphatic hydroxyl groups excluding tert-OH is 1. The number of carbonyl (C=O) groups is 1. The number of hydrogen-bond acceptors (Lipinski definition) is 7. The minimum atomic E-state index is -0.372. The SMILES string of the molecule is C#Cc1cccc(CNc2ncnc3cc(OC)c(OCCCCCCC(=O)CO)cc23)c1. The van der Waals surface area contributed by atoms with E-state index < -0.39 is 0 Å². The first kappa shape index (κ1) is 24.0. The Labute approximate surface area is 194 Å². The van der Waals surface area contributed by atoms with Crippen LogP contribution in [0.3, 0.4) is 0 Å². The lowest BCUT2D eigenvalue weighted by Crippen LogP contribution is -2.04. The maximum absolute atomic E-state index is 11.1. The number of fused-ring (bicyclic) bond motifs is 1. The second kappa shape index (κ2) is 12.4. The first-order chi connectivity index (χ1) is 16.1. The Morgan fingerprint density at radius 1 is 1.12 bits per heavy atom. The van der Waals surface area contributed by atoms with E-state index in [1.54, 1.807) is 7.11 Å². The van der Waals surface area contributed by atoms with Gasteiger partial charge in [-0.1, -0.05) is 30.9 Å². The molecule has 0 atom stereocenters. The van der Waals surface area contributed by atoms with Crippen LogP contribution in [0, 0.1) is 12.3 Å². The van der Waals surface area contributed by atoms with Crippen LogP contribution in [0.2, 0.25) is 0 Å². The van der Waals surface area contributed by atoms with Gasteiger partial charge in [-0.25, -0.2) is 9.97 Å². The summed E-state index contributed by atoms with van der Waals surface area (Å²) in [7, 11) is 1.60. The number of benzene rings is 2. The number of nitrogens with one attached hydrogen (secondary N) is 1. The summed E-state index contributed by atoms with van der Waals surface area (Å²) in [4.78, 5) is 19.9. The summed E-state index contributed by atoms with van der Waals surface area (Å²) in [6, 6.07) is 11.5. The second-order valence-corrected chi connectivity index (χ2v) is 7.65. The number of ether oxygens (including phenoxy) is 2. The molecule has 7 heteroatoms. The Bertz CT molecular complexity index is 1120. The molecule has 2 N–H and O–H groups in total. The van der Waals surface area contributed by atoms with Crippen LogP contribution in [0.4, 0.5) is 5.82 Å². The van der Waals surface area contributed by atoms with E-state index in [2.05, 4.69) is 21.2 Å². The number of methoxy groups -OCH3 is 1. The molecule has 1 aromatic heterocycles. The van der Waals surface area contributed by atoms with Crippen LogP contribution in [0.15, 0.2) is 42.7 Å². The van der Waals surface area contributed by atoms with Crippen molar-refractivity contribution in [3.63, 3.8) is 0 Å². The Hall–Kier alpha value is -3.63. The van der Waals surface area contributed by atoms with Crippen molar-refractivity contribution in [1.29, 1.82) is 0 Å². The van der Waals surface area contributed by atoms with Crippen molar-refractivity contribution in [3.05, 3.63) is 53.9 Å². The fourth-order valence-corrected chi connectivity index (χ4v) is 3.47. The topological polar surface area (TPSA) is 93.6 Å². The van der Waals surface area contributed by atoms with E-state index in [1.165, 1.54) is 6.33 Å². The number of aliphatic hydroxyl groups is 1. The Morgan fingerprint density at radius 2 is 1.97 bits per heavy atom. The molecule has 0 unspecified atom stereocenters. The molecule has 3 rings (SSSR count). The van der Waals surface area contributed by atoms with Gasteiger partial charge in [-0.05, 0) is 36.6 Å². The maximum Gasteiger partial charge on any atom is 0.162 e. The number of rotatable bonds is 13. The van der Waals surface area contributed by atoms with Crippen molar-refractivity contribution in [2.45, 2.75) is 38.6 Å². The molecule has 33 heavy (non-hydrogen) atoms. The van der Waals surface area contributed by atoms with Gasteiger partial charge < -0.3 is 19.9 Å². The fraction of sp³-hybridized carbons (Fsp3) is 0.346. The third kappa shape index (κ3) is 6.93. The molecule has 172 valence electrons. The number of carbonyl (C=O) groups excluding carboxylic acids is 1. The number of hydrogen-bond donors (Lipinski definition) is 2. The molecule has 0 aliphatic heterocycles. The predicted octanol–water partition coefficient (Wildman–Crippen LogP) is 4.12. The smallest absolute Gasteiger partial charge is 0.162 e. The second-order valence-electron chi connectivity index (χ2n) is 7.65. The molecule has 3 aromatic rings. The van der Waals surface area contributed by atoms with Crippen molar-refractivity contribution in [2.75, 3.05) is 25.6 Å². The lowest BCUT2D eigenvalue weighted by atomic mass is 10.1. The van der Waals surface area contributed by atoms with Gasteiger partial charge in [0.15, 0.2) is 17.3 Å². The van der Waals surface area contributed by atoms with Crippen LogP contribution < -0.4 is 14.8 Å². The maximum atomic E-state index is 11.1. The standard InChI is InChI=1S/C26H29N3O4/c1-3-19-9-8-10-20(13-19)16-27-26-22-14-25(24(32-2)15-23(22)28-18-29-26)33-12-7-5-4-6-11-21(31)17-30/h1,8-10,13-15,18,30H,4-7,11-12,16-17H2,2H3,(H,27,28,29). The summed E-state index contributed by atoms with van der Waals surface area (Å²) < 4.78 is 11.5. The average Bonchev–Trinajstić information content (AvgIpc) is 2.86. The molecule has 0 fully saturated rings. The quantitative estimate of drug-likeness (QED) is 0.301. The lowest BCUT2D eigenvalue weighted by molar-refractivity contribution is -0.121. The number of anilines is 1. The highest BCUT2D eigenvalue weighted by Gasteiger charge is 2.12. The van der Waals surface area contributed by atoms with Crippen LogP contribution >= 0.6 is 0 Å². The zero-order valence-electron chi connectivity index (χ0n) is 18.8. The largest absolute Gasteiger partial charge is 0.493 e. The van der Waals surface area contributed by atoms with Crippen LogP contribution in [0.1, 0.15) is 43.2 Å². The van der Waals surface area contributed by atoms with E-state index in [4.69, 9.17) is 21.0 Å². The Balaban J connectivity index is 1.64. The average molecular weight is 448 g/mol. The number of nitrogens with zero attached hydrogens (tertiary/aromatic N) is 2. The third-order valence-electron chi connectivity index (χ3n) is 5.26. The van der Waals surface area contributed by atoms with Crippen LogP contribution in [-0.2, 0) is 11.3 Å². The van der Waals surface area contributed by atoms with Gasteiger partial charge in [0.05, 0.1) is 19.2 Å². The molecule has 0 amide bonds. The van der Waals surface area contributed by atoms with E-state index in [1.807, 2.05) is 36.4 Å². The van der Waals surface area contributed by atoms with Crippen molar-refractivity contribution >= 4 is 22.5 Å². The molecular formula is C26H29N3O4. The van der Waals surface area contributed by atoms with Gasteiger partial charge >= 0.3 is 0 Å². The molecule has 0 spiro atoms. The minimum absolute atomic E-state index is 0.109. The fourth-order valence-electron chi connectivity index (χ4n) is 3.47. The van der Waals surface area contributed by atoms with Gasteiger partial charge in [0.1, 0.15) is 18.8 Å². The summed E-state index contributed by atoms with van der Waals surface area (Å²) in [6.45, 7) is 0.733. The molecule has 0 radical (unpaired) electrons. The van der Waals surface area contributed by atoms with Gasteiger partial charge in [0.2, 0.25) is 0 Å². The summed E-state index contributed by atoms with van der Waals surface area (Å²) >= 11 is 0. The molecule has 7 nitrogen and oxygen atoms in total. The van der Waals surface area contributed by atoms with E-state index in [0.717, 1.165) is 47.7 Å². The number of unbranched alkanes of at least 4 members (excludes halogenated alkanes) is 3. The molecule has 0 aliphatic rings. The van der Waals surface area contributed by atoms with Gasteiger partial charge in [-0.15, -0.1) is 6.42 Å². The zero-order valence-corrected chi connectivity index (χ0v) is 18.8.